The lowest BCUT2D eigenvalue weighted by molar-refractivity contribution is -0.125. The van der Waals surface area contributed by atoms with Crippen molar-refractivity contribution in [3.8, 4) is 23.0 Å². The first-order valence-corrected chi connectivity index (χ1v) is 10.9. The summed E-state index contributed by atoms with van der Waals surface area (Å²) in [5.74, 6) is -0.349. The van der Waals surface area contributed by atoms with E-state index >= 15 is 0 Å². The predicted molar refractivity (Wildman–Crippen MR) is 127 cm³/mol. The number of anilines is 3. The highest BCUT2D eigenvalue weighted by molar-refractivity contribution is 6.32. The molecule has 0 bridgehead atoms. The van der Waals surface area contributed by atoms with Crippen molar-refractivity contribution < 1.29 is 13.9 Å². The van der Waals surface area contributed by atoms with E-state index in [9.17, 15) is 9.18 Å². The zero-order chi connectivity index (χ0) is 24.4. The van der Waals surface area contributed by atoms with E-state index in [1.54, 1.807) is 11.1 Å². The fourth-order valence-corrected chi connectivity index (χ4v) is 3.81. The van der Waals surface area contributed by atoms with Crippen molar-refractivity contribution in [3.05, 3.63) is 77.5 Å². The number of nitrogens with zero attached hydrogens (tertiary/aromatic N) is 6. The average molecular weight is 490 g/mol. The molecule has 3 heterocycles. The standard InChI is InChI=1S/C24H17ClFN7O2/c25-19-12-28-24(30-17-2-4-18(5-3-17)32-7-8-35-14-22(32)34)31-23(19)16-11-29-33(13-16)21-6-1-15(10-27)9-20(21)26/h1-6,9,11-13H,7-8,14H2,(H,28,30,31). The van der Waals surface area contributed by atoms with Crippen molar-refractivity contribution in [1.29, 1.82) is 5.26 Å². The van der Waals surface area contributed by atoms with Crippen LogP contribution < -0.4 is 10.2 Å². The second-order valence-electron chi connectivity index (χ2n) is 7.61. The van der Waals surface area contributed by atoms with Gasteiger partial charge in [0.05, 0.1) is 41.3 Å². The number of nitrogens with one attached hydrogen (secondary N) is 1. The van der Waals surface area contributed by atoms with Crippen LogP contribution in [0.25, 0.3) is 16.9 Å². The van der Waals surface area contributed by atoms with Crippen LogP contribution in [0.4, 0.5) is 21.7 Å². The number of ether oxygens (including phenoxy) is 1. The summed E-state index contributed by atoms with van der Waals surface area (Å²) in [7, 11) is 0. The zero-order valence-corrected chi connectivity index (χ0v) is 18.9. The summed E-state index contributed by atoms with van der Waals surface area (Å²) in [5, 5.41) is 16.6. The Hall–Kier alpha value is -4.33. The lowest BCUT2D eigenvalue weighted by Crippen LogP contribution is -2.41. The smallest absolute Gasteiger partial charge is 0.253 e. The Balaban J connectivity index is 1.36. The zero-order valence-electron chi connectivity index (χ0n) is 18.2. The van der Waals surface area contributed by atoms with E-state index in [0.29, 0.717) is 35.4 Å². The van der Waals surface area contributed by atoms with Crippen molar-refractivity contribution in [2.75, 3.05) is 30.0 Å². The summed E-state index contributed by atoms with van der Waals surface area (Å²) >= 11 is 6.33. The molecule has 0 atom stereocenters. The van der Waals surface area contributed by atoms with Gasteiger partial charge in [0.15, 0.2) is 0 Å². The molecule has 0 saturated carbocycles. The van der Waals surface area contributed by atoms with Crippen molar-refractivity contribution >= 4 is 34.8 Å². The molecule has 0 spiro atoms. The Morgan fingerprint density at radius 2 is 2.00 bits per heavy atom. The van der Waals surface area contributed by atoms with Gasteiger partial charge in [-0.25, -0.2) is 19.0 Å². The molecule has 1 fully saturated rings. The Labute approximate surface area is 204 Å². The quantitative estimate of drug-likeness (QED) is 0.449. The van der Waals surface area contributed by atoms with E-state index in [1.165, 1.54) is 29.2 Å². The molecule has 1 aliphatic rings. The van der Waals surface area contributed by atoms with Gasteiger partial charge in [0.1, 0.15) is 18.1 Å². The topological polar surface area (TPSA) is 109 Å². The molecule has 9 nitrogen and oxygen atoms in total. The number of carbonyl (C=O) groups is 1. The molecule has 2 aromatic heterocycles. The number of benzene rings is 2. The molecule has 1 saturated heterocycles. The number of halogens is 2. The molecule has 4 aromatic rings. The van der Waals surface area contributed by atoms with Gasteiger partial charge < -0.3 is 15.0 Å². The molecule has 2 aromatic carbocycles. The van der Waals surface area contributed by atoms with E-state index < -0.39 is 5.82 Å². The molecular formula is C24H17ClFN7O2. The van der Waals surface area contributed by atoms with Crippen LogP contribution in [0, 0.1) is 17.1 Å². The molecular weight excluding hydrogens is 473 g/mol. The fraction of sp³-hybridized carbons (Fsp3) is 0.125. The third kappa shape index (κ3) is 4.68. The van der Waals surface area contributed by atoms with Crippen molar-refractivity contribution in [3.63, 3.8) is 0 Å². The largest absolute Gasteiger partial charge is 0.370 e. The molecule has 1 N–H and O–H groups in total. The minimum Gasteiger partial charge on any atom is -0.370 e. The highest BCUT2D eigenvalue weighted by Gasteiger charge is 2.20. The van der Waals surface area contributed by atoms with Gasteiger partial charge in [-0.15, -0.1) is 0 Å². The number of amides is 1. The van der Waals surface area contributed by atoms with Crippen LogP contribution in [0.1, 0.15) is 5.56 Å². The third-order valence-corrected chi connectivity index (χ3v) is 5.62. The number of morpholine rings is 1. The summed E-state index contributed by atoms with van der Waals surface area (Å²) in [6.45, 7) is 1.09. The van der Waals surface area contributed by atoms with E-state index in [2.05, 4.69) is 20.4 Å². The highest BCUT2D eigenvalue weighted by Crippen LogP contribution is 2.28. The van der Waals surface area contributed by atoms with Crippen LogP contribution in [0.2, 0.25) is 5.02 Å². The van der Waals surface area contributed by atoms with Gasteiger partial charge in [-0.2, -0.15) is 10.4 Å². The molecule has 0 unspecified atom stereocenters. The van der Waals surface area contributed by atoms with Crippen molar-refractivity contribution in [2.45, 2.75) is 0 Å². The highest BCUT2D eigenvalue weighted by atomic mass is 35.5. The predicted octanol–water partition coefficient (Wildman–Crippen LogP) is 4.10. The first kappa shape index (κ1) is 22.5. The maximum atomic E-state index is 14.4. The van der Waals surface area contributed by atoms with Crippen LogP contribution in [0.5, 0.6) is 0 Å². The second kappa shape index (κ2) is 9.50. The molecule has 0 aliphatic carbocycles. The first-order valence-electron chi connectivity index (χ1n) is 10.5. The Kier molecular flexibility index (Phi) is 6.10. The maximum absolute atomic E-state index is 14.4. The normalized spacial score (nSPS) is 13.5. The van der Waals surface area contributed by atoms with Crippen molar-refractivity contribution in [2.24, 2.45) is 0 Å². The lowest BCUT2D eigenvalue weighted by Gasteiger charge is -2.26. The minimum atomic E-state index is -0.572. The Morgan fingerprint density at radius 3 is 2.74 bits per heavy atom. The maximum Gasteiger partial charge on any atom is 0.253 e. The Morgan fingerprint density at radius 1 is 1.17 bits per heavy atom. The second-order valence-corrected chi connectivity index (χ2v) is 8.02. The van der Waals surface area contributed by atoms with E-state index in [-0.39, 0.29) is 23.8 Å². The summed E-state index contributed by atoms with van der Waals surface area (Å²) in [6.07, 6.45) is 4.58. The van der Waals surface area contributed by atoms with Crippen LogP contribution in [0.3, 0.4) is 0 Å². The minimum absolute atomic E-state index is 0.0792. The van der Waals surface area contributed by atoms with Gasteiger partial charge in [0, 0.05) is 29.7 Å². The molecule has 0 radical (unpaired) electrons. The molecule has 11 heteroatoms. The number of rotatable bonds is 5. The van der Waals surface area contributed by atoms with Crippen LogP contribution in [0.15, 0.2) is 61.1 Å². The van der Waals surface area contributed by atoms with Crippen molar-refractivity contribution in [1.82, 2.24) is 19.7 Å². The number of carbonyl (C=O) groups excluding carboxylic acids is 1. The number of nitriles is 1. The van der Waals surface area contributed by atoms with Gasteiger partial charge in [-0.1, -0.05) is 11.6 Å². The van der Waals surface area contributed by atoms with E-state index in [1.807, 2.05) is 30.3 Å². The summed E-state index contributed by atoms with van der Waals surface area (Å²) in [6, 6.07) is 13.3. The monoisotopic (exact) mass is 489 g/mol. The van der Waals surface area contributed by atoms with Gasteiger partial charge >= 0.3 is 0 Å². The Bertz CT molecular complexity index is 1450. The molecule has 5 rings (SSSR count). The molecule has 174 valence electrons. The molecule has 1 aliphatic heterocycles. The molecule has 35 heavy (non-hydrogen) atoms. The summed E-state index contributed by atoms with van der Waals surface area (Å²) in [5.41, 5.74) is 2.89. The van der Waals surface area contributed by atoms with Gasteiger partial charge in [-0.05, 0) is 42.5 Å². The average Bonchev–Trinajstić information content (AvgIpc) is 3.36. The fourth-order valence-electron chi connectivity index (χ4n) is 3.61. The third-order valence-electron chi connectivity index (χ3n) is 5.34. The van der Waals surface area contributed by atoms with Crippen LogP contribution >= 0.6 is 11.6 Å². The molecule has 1 amide bonds. The lowest BCUT2D eigenvalue weighted by atomic mass is 10.2. The summed E-state index contributed by atoms with van der Waals surface area (Å²) < 4.78 is 20.9. The SMILES string of the molecule is N#Cc1ccc(-n2cc(-c3nc(Nc4ccc(N5CCOCC5=O)cc4)ncc3Cl)cn2)c(F)c1. The van der Waals surface area contributed by atoms with E-state index in [0.717, 1.165) is 17.4 Å². The van der Waals surface area contributed by atoms with Gasteiger partial charge in [-0.3, -0.25) is 4.79 Å². The number of hydrogen-bond donors (Lipinski definition) is 1. The van der Waals surface area contributed by atoms with Gasteiger partial charge in [0.25, 0.3) is 5.91 Å². The van der Waals surface area contributed by atoms with Gasteiger partial charge in [0.2, 0.25) is 5.95 Å². The summed E-state index contributed by atoms with van der Waals surface area (Å²) in [4.78, 5) is 22.4. The number of hydrogen-bond acceptors (Lipinski definition) is 7. The van der Waals surface area contributed by atoms with Crippen LogP contribution in [-0.2, 0) is 9.53 Å². The van der Waals surface area contributed by atoms with Crippen LogP contribution in [-0.4, -0.2) is 45.4 Å². The number of aromatic nitrogens is 4. The first-order chi connectivity index (χ1) is 17.0. The van der Waals surface area contributed by atoms with E-state index in [4.69, 9.17) is 21.6 Å².